The molecule has 128 valence electrons. The zero-order chi connectivity index (χ0) is 16.6. The zero-order valence-electron chi connectivity index (χ0n) is 14.8. The molecule has 0 bridgehead atoms. The van der Waals surface area contributed by atoms with Crippen molar-refractivity contribution in [1.82, 2.24) is 5.06 Å². The molecule has 0 aromatic heterocycles. The maximum Gasteiger partial charge on any atom is 0.147 e. The van der Waals surface area contributed by atoms with Crippen molar-refractivity contribution < 1.29 is 4.84 Å². The largest absolute Gasteiger partial charge is 0.406 e. The van der Waals surface area contributed by atoms with E-state index in [-0.39, 0.29) is 0 Å². The standard InChI is InChI=1S/C22H29NO/c1-2-9-21-12-7-4-8-17-23(21)24-22-15-13-20(14-16-22)18-19-10-5-3-6-11-19/h3,5-6,10-11,13-16,21H,2,4,7-9,12,17-18H2,1H3. The van der Waals surface area contributed by atoms with Gasteiger partial charge in [-0.2, -0.15) is 0 Å². The van der Waals surface area contributed by atoms with E-state index in [1.807, 2.05) is 0 Å². The Labute approximate surface area is 146 Å². The van der Waals surface area contributed by atoms with Crippen LogP contribution in [0.2, 0.25) is 0 Å². The van der Waals surface area contributed by atoms with Gasteiger partial charge in [0.05, 0.1) is 0 Å². The van der Waals surface area contributed by atoms with Gasteiger partial charge in [0.2, 0.25) is 0 Å². The van der Waals surface area contributed by atoms with Gasteiger partial charge in [-0.1, -0.05) is 68.7 Å². The second kappa shape index (κ2) is 8.89. The predicted octanol–water partition coefficient (Wildman–Crippen LogP) is 5.62. The summed E-state index contributed by atoms with van der Waals surface area (Å²) in [7, 11) is 0. The molecule has 1 atom stereocenters. The van der Waals surface area contributed by atoms with E-state index in [1.54, 1.807) is 0 Å². The fourth-order valence-corrected chi connectivity index (χ4v) is 3.53. The van der Waals surface area contributed by atoms with Crippen molar-refractivity contribution in [3.05, 3.63) is 65.7 Å². The summed E-state index contributed by atoms with van der Waals surface area (Å²) in [4.78, 5) is 6.24. The second-order valence-electron chi connectivity index (χ2n) is 6.83. The number of rotatable bonds is 6. The van der Waals surface area contributed by atoms with Crippen LogP contribution in [0.5, 0.6) is 5.75 Å². The Morgan fingerprint density at radius 3 is 2.42 bits per heavy atom. The summed E-state index contributed by atoms with van der Waals surface area (Å²) in [5, 5.41) is 2.24. The van der Waals surface area contributed by atoms with E-state index in [0.717, 1.165) is 18.7 Å². The van der Waals surface area contributed by atoms with Crippen LogP contribution in [0.25, 0.3) is 0 Å². The molecule has 0 N–H and O–H groups in total. The van der Waals surface area contributed by atoms with Crippen molar-refractivity contribution in [2.24, 2.45) is 0 Å². The molecule has 1 unspecified atom stereocenters. The van der Waals surface area contributed by atoms with E-state index in [2.05, 4.69) is 66.6 Å². The first-order valence-electron chi connectivity index (χ1n) is 9.42. The van der Waals surface area contributed by atoms with Gasteiger partial charge in [0, 0.05) is 12.6 Å². The summed E-state index contributed by atoms with van der Waals surface area (Å²) in [6.45, 7) is 3.32. The third-order valence-corrected chi connectivity index (χ3v) is 4.84. The molecule has 0 saturated carbocycles. The highest BCUT2D eigenvalue weighted by molar-refractivity contribution is 5.31. The van der Waals surface area contributed by atoms with Crippen LogP contribution in [0, 0.1) is 0 Å². The van der Waals surface area contributed by atoms with Crippen LogP contribution in [-0.4, -0.2) is 17.6 Å². The summed E-state index contributed by atoms with van der Waals surface area (Å²) >= 11 is 0. The average Bonchev–Trinajstić information content (AvgIpc) is 2.83. The summed E-state index contributed by atoms with van der Waals surface area (Å²) in [6, 6.07) is 19.8. The van der Waals surface area contributed by atoms with Gasteiger partial charge in [-0.3, -0.25) is 0 Å². The van der Waals surface area contributed by atoms with Gasteiger partial charge < -0.3 is 4.84 Å². The Morgan fingerprint density at radius 1 is 0.917 bits per heavy atom. The first-order valence-corrected chi connectivity index (χ1v) is 9.42. The van der Waals surface area contributed by atoms with Crippen molar-refractivity contribution in [3.8, 4) is 5.75 Å². The fraction of sp³-hybridized carbons (Fsp3) is 0.455. The minimum absolute atomic E-state index is 0.571. The second-order valence-corrected chi connectivity index (χ2v) is 6.83. The zero-order valence-corrected chi connectivity index (χ0v) is 14.8. The van der Waals surface area contributed by atoms with Crippen LogP contribution >= 0.6 is 0 Å². The van der Waals surface area contributed by atoms with Gasteiger partial charge in [0.15, 0.2) is 0 Å². The Bertz CT molecular complexity index is 593. The molecule has 2 nitrogen and oxygen atoms in total. The fourth-order valence-electron chi connectivity index (χ4n) is 3.53. The molecule has 1 saturated heterocycles. The van der Waals surface area contributed by atoms with Crippen molar-refractivity contribution in [2.45, 2.75) is 57.9 Å². The highest BCUT2D eigenvalue weighted by Gasteiger charge is 2.21. The molecule has 0 radical (unpaired) electrons. The summed E-state index contributed by atoms with van der Waals surface area (Å²) in [6.07, 6.45) is 8.60. The van der Waals surface area contributed by atoms with Gasteiger partial charge in [0.1, 0.15) is 5.75 Å². The molecule has 2 heteroatoms. The lowest BCUT2D eigenvalue weighted by atomic mass is 10.1. The Balaban J connectivity index is 1.62. The van der Waals surface area contributed by atoms with E-state index in [0.29, 0.717) is 6.04 Å². The number of hydroxylamine groups is 2. The Kier molecular flexibility index (Phi) is 6.31. The summed E-state index contributed by atoms with van der Waals surface area (Å²) < 4.78 is 0. The van der Waals surface area contributed by atoms with E-state index in [9.17, 15) is 0 Å². The molecule has 1 fully saturated rings. The van der Waals surface area contributed by atoms with Crippen molar-refractivity contribution in [2.75, 3.05) is 6.54 Å². The average molecular weight is 323 g/mol. The van der Waals surface area contributed by atoms with Crippen LogP contribution in [0.4, 0.5) is 0 Å². The third-order valence-electron chi connectivity index (χ3n) is 4.84. The molecule has 3 rings (SSSR count). The lowest BCUT2D eigenvalue weighted by Crippen LogP contribution is -2.37. The quantitative estimate of drug-likeness (QED) is 0.684. The molecule has 0 amide bonds. The number of hydrogen-bond donors (Lipinski definition) is 0. The van der Waals surface area contributed by atoms with E-state index < -0.39 is 0 Å². The minimum atomic E-state index is 0.571. The van der Waals surface area contributed by atoms with Crippen molar-refractivity contribution in [3.63, 3.8) is 0 Å². The van der Waals surface area contributed by atoms with Gasteiger partial charge in [-0.15, -0.1) is 5.06 Å². The summed E-state index contributed by atoms with van der Waals surface area (Å²) in [5.74, 6) is 0.967. The van der Waals surface area contributed by atoms with Crippen LogP contribution in [0.1, 0.15) is 56.6 Å². The molecule has 0 aliphatic carbocycles. The van der Waals surface area contributed by atoms with Crippen LogP contribution < -0.4 is 4.84 Å². The molecular formula is C22H29NO. The van der Waals surface area contributed by atoms with E-state index in [1.165, 1.54) is 49.7 Å². The van der Waals surface area contributed by atoms with Gasteiger partial charge in [0.25, 0.3) is 0 Å². The van der Waals surface area contributed by atoms with Crippen molar-refractivity contribution in [1.29, 1.82) is 0 Å². The summed E-state index contributed by atoms with van der Waals surface area (Å²) in [5.41, 5.74) is 2.68. The minimum Gasteiger partial charge on any atom is -0.406 e. The molecule has 1 aliphatic heterocycles. The van der Waals surface area contributed by atoms with Crippen LogP contribution in [0.3, 0.4) is 0 Å². The highest BCUT2D eigenvalue weighted by atomic mass is 16.7. The highest BCUT2D eigenvalue weighted by Crippen LogP contribution is 2.23. The number of hydrogen-bond acceptors (Lipinski definition) is 2. The molecular weight excluding hydrogens is 294 g/mol. The normalized spacial score (nSPS) is 19.0. The first kappa shape index (κ1) is 17.0. The number of benzene rings is 2. The molecule has 1 heterocycles. The third kappa shape index (κ3) is 4.85. The van der Waals surface area contributed by atoms with Gasteiger partial charge in [-0.25, -0.2) is 0 Å². The Hall–Kier alpha value is -1.80. The molecule has 2 aromatic rings. The maximum absolute atomic E-state index is 6.24. The van der Waals surface area contributed by atoms with Crippen LogP contribution in [-0.2, 0) is 6.42 Å². The first-order chi connectivity index (χ1) is 11.8. The molecule has 24 heavy (non-hydrogen) atoms. The molecule has 0 spiro atoms. The number of nitrogens with zero attached hydrogens (tertiary/aromatic N) is 1. The van der Waals surface area contributed by atoms with Gasteiger partial charge >= 0.3 is 0 Å². The topological polar surface area (TPSA) is 12.5 Å². The van der Waals surface area contributed by atoms with Crippen LogP contribution in [0.15, 0.2) is 54.6 Å². The molecule has 2 aromatic carbocycles. The van der Waals surface area contributed by atoms with E-state index >= 15 is 0 Å². The molecule has 1 aliphatic rings. The SMILES string of the molecule is CCCC1CCCCCN1Oc1ccc(Cc2ccccc2)cc1. The monoisotopic (exact) mass is 323 g/mol. The van der Waals surface area contributed by atoms with Crippen molar-refractivity contribution >= 4 is 0 Å². The predicted molar refractivity (Wildman–Crippen MR) is 100 cm³/mol. The Morgan fingerprint density at radius 2 is 1.67 bits per heavy atom. The maximum atomic E-state index is 6.24. The lowest BCUT2D eigenvalue weighted by molar-refractivity contribution is -0.0957. The lowest BCUT2D eigenvalue weighted by Gasteiger charge is -2.29. The van der Waals surface area contributed by atoms with Gasteiger partial charge in [-0.05, 0) is 48.9 Å². The van der Waals surface area contributed by atoms with E-state index in [4.69, 9.17) is 4.84 Å². The smallest absolute Gasteiger partial charge is 0.147 e.